The van der Waals surface area contributed by atoms with Gasteiger partial charge in [0.25, 0.3) is 11.6 Å². The van der Waals surface area contributed by atoms with Crippen molar-refractivity contribution in [3.63, 3.8) is 0 Å². The minimum atomic E-state index is -4.77. The molecule has 26 heavy (non-hydrogen) atoms. The maximum absolute atomic E-state index is 12.6. The predicted molar refractivity (Wildman–Crippen MR) is 83.5 cm³/mol. The molecule has 10 heteroatoms. The molecular weight excluding hydrogens is 357 g/mol. The van der Waals surface area contributed by atoms with Crippen LogP contribution in [0.2, 0.25) is 0 Å². The molecule has 0 heterocycles. The number of nitro groups is 1. The second-order valence-electron chi connectivity index (χ2n) is 4.98. The summed E-state index contributed by atoms with van der Waals surface area (Å²) in [5, 5.41) is 13.0. The lowest BCUT2D eigenvalue weighted by molar-refractivity contribution is -0.384. The summed E-state index contributed by atoms with van der Waals surface area (Å²) in [7, 11) is 0. The van der Waals surface area contributed by atoms with Gasteiger partial charge in [0, 0.05) is 6.07 Å². The van der Waals surface area contributed by atoms with Gasteiger partial charge >= 0.3 is 12.1 Å². The fraction of sp³-hybridized carbons (Fsp3) is 0.125. The fourth-order valence-electron chi connectivity index (χ4n) is 1.94. The molecular formula is C16H11F3N2O5. The summed E-state index contributed by atoms with van der Waals surface area (Å²) < 4.78 is 42.6. The van der Waals surface area contributed by atoms with E-state index in [-0.39, 0.29) is 5.56 Å². The molecule has 0 saturated heterocycles. The molecule has 0 aliphatic rings. The molecule has 0 spiro atoms. The Morgan fingerprint density at radius 1 is 1.12 bits per heavy atom. The molecule has 2 aromatic rings. The lowest BCUT2D eigenvalue weighted by Gasteiger charge is -2.10. The highest BCUT2D eigenvalue weighted by molar-refractivity contribution is 5.96. The molecule has 0 aromatic heterocycles. The lowest BCUT2D eigenvalue weighted by atomic mass is 10.1. The summed E-state index contributed by atoms with van der Waals surface area (Å²) in [5.74, 6) is -1.72. The molecule has 2 aromatic carbocycles. The van der Waals surface area contributed by atoms with Crippen molar-refractivity contribution in [2.75, 3.05) is 11.9 Å². The van der Waals surface area contributed by atoms with E-state index in [2.05, 4.69) is 5.32 Å². The van der Waals surface area contributed by atoms with E-state index in [1.807, 2.05) is 0 Å². The summed E-state index contributed by atoms with van der Waals surface area (Å²) in [6, 6.07) is 9.43. The molecule has 2 rings (SSSR count). The zero-order chi connectivity index (χ0) is 19.3. The largest absolute Gasteiger partial charge is 0.452 e. The van der Waals surface area contributed by atoms with E-state index < -0.39 is 46.5 Å². The number of hydrogen-bond acceptors (Lipinski definition) is 5. The Balaban J connectivity index is 2.06. The summed E-state index contributed by atoms with van der Waals surface area (Å²) in [6.07, 6.45) is -4.77. The zero-order valence-electron chi connectivity index (χ0n) is 12.9. The lowest BCUT2D eigenvalue weighted by Crippen LogP contribution is -2.21. The van der Waals surface area contributed by atoms with E-state index in [0.29, 0.717) is 12.1 Å². The molecule has 7 nitrogen and oxygen atoms in total. The van der Waals surface area contributed by atoms with Crippen LogP contribution in [0.3, 0.4) is 0 Å². The summed E-state index contributed by atoms with van der Waals surface area (Å²) in [4.78, 5) is 33.3. The van der Waals surface area contributed by atoms with Gasteiger partial charge in [-0.3, -0.25) is 14.9 Å². The molecule has 0 unspecified atom stereocenters. The molecule has 0 atom stereocenters. The van der Waals surface area contributed by atoms with E-state index in [4.69, 9.17) is 4.74 Å². The summed E-state index contributed by atoms with van der Waals surface area (Å²) >= 11 is 0. The quantitative estimate of drug-likeness (QED) is 0.495. The van der Waals surface area contributed by atoms with Gasteiger partial charge in [-0.1, -0.05) is 18.2 Å². The van der Waals surface area contributed by atoms with E-state index in [9.17, 15) is 32.9 Å². The average molecular weight is 368 g/mol. The van der Waals surface area contributed by atoms with Crippen LogP contribution in [0.25, 0.3) is 0 Å². The standard InChI is InChI=1S/C16H11F3N2O5/c17-16(18,19)11-6-7-12(13(8-11)21(24)25)20-14(22)9-26-15(23)10-4-2-1-3-5-10/h1-8H,9H2,(H,20,22). The van der Waals surface area contributed by atoms with Crippen LogP contribution in [0.4, 0.5) is 24.5 Å². The van der Waals surface area contributed by atoms with Crippen molar-refractivity contribution in [1.82, 2.24) is 0 Å². The molecule has 1 N–H and O–H groups in total. The molecule has 0 aliphatic carbocycles. The first-order valence-electron chi connectivity index (χ1n) is 7.06. The van der Waals surface area contributed by atoms with Crippen molar-refractivity contribution in [1.29, 1.82) is 0 Å². The van der Waals surface area contributed by atoms with Crippen LogP contribution < -0.4 is 5.32 Å². The van der Waals surface area contributed by atoms with Gasteiger partial charge in [0.1, 0.15) is 5.69 Å². The van der Waals surface area contributed by atoms with Crippen LogP contribution in [0.5, 0.6) is 0 Å². The van der Waals surface area contributed by atoms with Crippen molar-refractivity contribution >= 4 is 23.3 Å². The Hall–Kier alpha value is -3.43. The molecule has 0 radical (unpaired) electrons. The highest BCUT2D eigenvalue weighted by Gasteiger charge is 2.33. The molecule has 0 bridgehead atoms. The number of hydrogen-bond donors (Lipinski definition) is 1. The first kappa shape index (κ1) is 18.9. The predicted octanol–water partition coefficient (Wildman–Crippen LogP) is 3.41. The summed E-state index contributed by atoms with van der Waals surface area (Å²) in [5.41, 5.74) is -2.40. The maximum Gasteiger partial charge on any atom is 0.416 e. The number of esters is 1. The number of nitro benzene ring substituents is 1. The molecule has 0 aliphatic heterocycles. The van der Waals surface area contributed by atoms with Crippen molar-refractivity contribution in [3.05, 3.63) is 69.8 Å². The third-order valence-corrected chi connectivity index (χ3v) is 3.14. The van der Waals surface area contributed by atoms with E-state index in [1.54, 1.807) is 18.2 Å². The van der Waals surface area contributed by atoms with Gasteiger partial charge in [-0.15, -0.1) is 0 Å². The second kappa shape index (κ2) is 7.64. The van der Waals surface area contributed by atoms with Crippen LogP contribution in [0, 0.1) is 10.1 Å². The topological polar surface area (TPSA) is 98.5 Å². The van der Waals surface area contributed by atoms with Gasteiger partial charge in [0.2, 0.25) is 0 Å². The maximum atomic E-state index is 12.6. The highest BCUT2D eigenvalue weighted by Crippen LogP contribution is 2.34. The van der Waals surface area contributed by atoms with E-state index in [1.165, 1.54) is 12.1 Å². The van der Waals surface area contributed by atoms with Gasteiger partial charge in [-0.05, 0) is 24.3 Å². The Morgan fingerprint density at radius 2 is 1.77 bits per heavy atom. The molecule has 0 fully saturated rings. The Morgan fingerprint density at radius 3 is 2.35 bits per heavy atom. The average Bonchev–Trinajstić information content (AvgIpc) is 2.59. The first-order chi connectivity index (χ1) is 12.2. The third-order valence-electron chi connectivity index (χ3n) is 3.14. The Bertz CT molecular complexity index is 838. The van der Waals surface area contributed by atoms with E-state index >= 15 is 0 Å². The van der Waals surface area contributed by atoms with Gasteiger partial charge < -0.3 is 10.1 Å². The zero-order valence-corrected chi connectivity index (χ0v) is 12.9. The fourth-order valence-corrected chi connectivity index (χ4v) is 1.94. The van der Waals surface area contributed by atoms with Crippen molar-refractivity contribution < 1.29 is 32.4 Å². The van der Waals surface area contributed by atoms with Crippen LogP contribution >= 0.6 is 0 Å². The number of amides is 1. The van der Waals surface area contributed by atoms with Crippen molar-refractivity contribution in [2.45, 2.75) is 6.18 Å². The van der Waals surface area contributed by atoms with Gasteiger partial charge in [0.05, 0.1) is 16.1 Å². The van der Waals surface area contributed by atoms with Crippen molar-refractivity contribution in [3.8, 4) is 0 Å². The number of carbonyl (C=O) groups excluding carboxylic acids is 2. The van der Waals surface area contributed by atoms with Crippen molar-refractivity contribution in [2.24, 2.45) is 0 Å². The number of benzene rings is 2. The normalized spacial score (nSPS) is 10.9. The Labute approximate surface area is 144 Å². The SMILES string of the molecule is O=C(COC(=O)c1ccccc1)Nc1ccc(C(F)(F)F)cc1[N+](=O)[O-]. The van der Waals surface area contributed by atoms with Crippen LogP contribution in [-0.2, 0) is 15.7 Å². The smallest absolute Gasteiger partial charge is 0.416 e. The number of nitrogens with one attached hydrogen (secondary N) is 1. The van der Waals surface area contributed by atoms with Crippen LogP contribution in [0.1, 0.15) is 15.9 Å². The minimum absolute atomic E-state index is 0.195. The molecule has 1 amide bonds. The monoisotopic (exact) mass is 368 g/mol. The number of alkyl halides is 3. The number of anilines is 1. The third kappa shape index (κ3) is 4.79. The van der Waals surface area contributed by atoms with Crippen LogP contribution in [0.15, 0.2) is 48.5 Å². The van der Waals surface area contributed by atoms with E-state index in [0.717, 1.165) is 6.07 Å². The molecule has 0 saturated carbocycles. The number of halogens is 3. The number of ether oxygens (including phenoxy) is 1. The first-order valence-corrected chi connectivity index (χ1v) is 7.06. The minimum Gasteiger partial charge on any atom is -0.452 e. The molecule has 136 valence electrons. The number of nitrogens with zero attached hydrogens (tertiary/aromatic N) is 1. The Kier molecular flexibility index (Phi) is 5.55. The number of rotatable bonds is 5. The van der Waals surface area contributed by atoms with Gasteiger partial charge in [-0.25, -0.2) is 4.79 Å². The van der Waals surface area contributed by atoms with Crippen LogP contribution in [-0.4, -0.2) is 23.4 Å². The number of carbonyl (C=O) groups is 2. The van der Waals surface area contributed by atoms with Gasteiger partial charge in [0.15, 0.2) is 6.61 Å². The summed E-state index contributed by atoms with van der Waals surface area (Å²) in [6.45, 7) is -0.758. The van der Waals surface area contributed by atoms with Gasteiger partial charge in [-0.2, -0.15) is 13.2 Å². The second-order valence-corrected chi connectivity index (χ2v) is 4.98. The highest BCUT2D eigenvalue weighted by atomic mass is 19.4.